The number of rotatable bonds is 4. The summed E-state index contributed by atoms with van der Waals surface area (Å²) in [5, 5.41) is 7.08. The van der Waals surface area contributed by atoms with Crippen molar-refractivity contribution in [3.63, 3.8) is 0 Å². The number of para-hydroxylation sites is 2. The Hall–Kier alpha value is -6.84. The third-order valence-electron chi connectivity index (χ3n) is 11.5. The van der Waals surface area contributed by atoms with Crippen molar-refractivity contribution >= 4 is 43.5 Å². The van der Waals surface area contributed by atoms with E-state index in [4.69, 9.17) is 14.4 Å². The summed E-state index contributed by atoms with van der Waals surface area (Å²) in [4.78, 5) is 10.4. The maximum absolute atomic E-state index is 6.49. The summed E-state index contributed by atoms with van der Waals surface area (Å²) in [5.74, 6) is 0.678. The number of furan rings is 1. The summed E-state index contributed by atoms with van der Waals surface area (Å²) < 4.78 is 6.49. The summed E-state index contributed by atoms with van der Waals surface area (Å²) in [7, 11) is 0. The fraction of sp³-hybridized carbons (Fsp3) is 0.0588. The molecule has 1 aliphatic carbocycles. The number of nitrogens with zero attached hydrogens (tertiary/aromatic N) is 2. The lowest BCUT2D eigenvalue weighted by Gasteiger charge is -2.22. The van der Waals surface area contributed by atoms with E-state index in [1.807, 2.05) is 30.3 Å². The van der Waals surface area contributed by atoms with E-state index in [0.29, 0.717) is 5.82 Å². The standard InChI is InChI=1S/C51H34N2O/c1-51(2)44-29-34(23-24-38(44)43-27-32-15-6-7-16-33(32)28-45(43)51)35-25-26-39(37-18-9-8-17-36(35)37)46-30-47(53-50(52-46)31-13-4-3-5-14-31)42-21-12-20-41-40-19-10-11-22-48(40)54-49(41)42/h3-30H,1-2H3. The molecule has 0 amide bonds. The zero-order chi connectivity index (χ0) is 36.0. The lowest BCUT2D eigenvalue weighted by Crippen LogP contribution is -2.15. The predicted octanol–water partition coefficient (Wildman–Crippen LogP) is 13.7. The molecule has 1 aliphatic rings. The quantitative estimate of drug-likeness (QED) is 0.184. The van der Waals surface area contributed by atoms with Crippen molar-refractivity contribution in [3.05, 3.63) is 181 Å². The van der Waals surface area contributed by atoms with Gasteiger partial charge in [-0.15, -0.1) is 0 Å². The molecule has 0 saturated heterocycles. The van der Waals surface area contributed by atoms with Gasteiger partial charge in [-0.3, -0.25) is 0 Å². The van der Waals surface area contributed by atoms with E-state index in [1.165, 1.54) is 49.5 Å². The molecule has 0 unspecified atom stereocenters. The zero-order valence-corrected chi connectivity index (χ0v) is 30.0. The van der Waals surface area contributed by atoms with Crippen LogP contribution >= 0.6 is 0 Å². The molecule has 0 aliphatic heterocycles. The number of hydrogen-bond acceptors (Lipinski definition) is 3. The highest BCUT2D eigenvalue weighted by molar-refractivity contribution is 6.10. The molecule has 11 rings (SSSR count). The van der Waals surface area contributed by atoms with Crippen LogP contribution in [0.5, 0.6) is 0 Å². The molecule has 54 heavy (non-hydrogen) atoms. The van der Waals surface area contributed by atoms with Gasteiger partial charge in [-0.1, -0.05) is 147 Å². The van der Waals surface area contributed by atoms with Crippen LogP contribution in [0.15, 0.2) is 174 Å². The SMILES string of the molecule is CC1(C)c2cc(-c3ccc(-c4cc(-c5cccc6c5oc5ccccc56)nc(-c5ccccc5)n4)c4ccccc34)ccc2-c2cc3ccccc3cc21. The molecule has 3 heteroatoms. The molecule has 10 aromatic rings. The third-order valence-corrected chi connectivity index (χ3v) is 11.5. The molecule has 0 N–H and O–H groups in total. The first-order valence-corrected chi connectivity index (χ1v) is 18.6. The summed E-state index contributed by atoms with van der Waals surface area (Å²) >= 11 is 0. The molecule has 0 bridgehead atoms. The Balaban J connectivity index is 1.08. The first-order chi connectivity index (χ1) is 26.5. The highest BCUT2D eigenvalue weighted by atomic mass is 16.3. The highest BCUT2D eigenvalue weighted by Gasteiger charge is 2.36. The van der Waals surface area contributed by atoms with Gasteiger partial charge in [0.2, 0.25) is 0 Å². The maximum Gasteiger partial charge on any atom is 0.160 e. The van der Waals surface area contributed by atoms with E-state index in [-0.39, 0.29) is 5.41 Å². The van der Waals surface area contributed by atoms with E-state index in [1.54, 1.807) is 0 Å². The van der Waals surface area contributed by atoms with Crippen molar-refractivity contribution < 1.29 is 4.42 Å². The van der Waals surface area contributed by atoms with E-state index in [9.17, 15) is 0 Å². The highest BCUT2D eigenvalue weighted by Crippen LogP contribution is 2.51. The van der Waals surface area contributed by atoms with Crippen molar-refractivity contribution in [1.82, 2.24) is 9.97 Å². The van der Waals surface area contributed by atoms with Gasteiger partial charge >= 0.3 is 0 Å². The Bertz CT molecular complexity index is 3130. The Kier molecular flexibility index (Phi) is 6.60. The van der Waals surface area contributed by atoms with Gasteiger partial charge in [-0.05, 0) is 91.3 Å². The second-order valence-electron chi connectivity index (χ2n) is 14.9. The minimum atomic E-state index is -0.117. The van der Waals surface area contributed by atoms with Crippen LogP contribution in [0.1, 0.15) is 25.0 Å². The lowest BCUT2D eigenvalue weighted by molar-refractivity contribution is 0.661. The van der Waals surface area contributed by atoms with Gasteiger partial charge in [-0.25, -0.2) is 9.97 Å². The second kappa shape index (κ2) is 11.6. The second-order valence-corrected chi connectivity index (χ2v) is 14.9. The molecule has 2 aromatic heterocycles. The van der Waals surface area contributed by atoms with Gasteiger partial charge in [0.15, 0.2) is 5.82 Å². The fourth-order valence-corrected chi connectivity index (χ4v) is 8.75. The van der Waals surface area contributed by atoms with Crippen molar-refractivity contribution in [1.29, 1.82) is 0 Å². The van der Waals surface area contributed by atoms with Crippen molar-refractivity contribution in [3.8, 4) is 56.2 Å². The summed E-state index contributed by atoms with van der Waals surface area (Å²) in [5.41, 5.74) is 14.1. The van der Waals surface area contributed by atoms with E-state index in [0.717, 1.165) is 55.4 Å². The van der Waals surface area contributed by atoms with E-state index >= 15 is 0 Å². The first-order valence-electron chi connectivity index (χ1n) is 18.6. The van der Waals surface area contributed by atoms with Crippen LogP contribution in [0.2, 0.25) is 0 Å². The van der Waals surface area contributed by atoms with Crippen LogP contribution in [0.4, 0.5) is 0 Å². The topological polar surface area (TPSA) is 38.9 Å². The predicted molar refractivity (Wildman–Crippen MR) is 224 cm³/mol. The molecule has 254 valence electrons. The molecule has 0 fully saturated rings. The molecule has 0 radical (unpaired) electrons. The molecule has 0 atom stereocenters. The average Bonchev–Trinajstić information content (AvgIpc) is 3.71. The maximum atomic E-state index is 6.49. The Morgan fingerprint density at radius 3 is 1.83 bits per heavy atom. The van der Waals surface area contributed by atoms with Gasteiger partial charge < -0.3 is 4.42 Å². The minimum Gasteiger partial charge on any atom is -0.455 e. The van der Waals surface area contributed by atoms with Gasteiger partial charge in [0.1, 0.15) is 11.2 Å². The van der Waals surface area contributed by atoms with Crippen LogP contribution in [-0.2, 0) is 5.41 Å². The summed E-state index contributed by atoms with van der Waals surface area (Å²) in [6.45, 7) is 4.72. The van der Waals surface area contributed by atoms with E-state index in [2.05, 4.69) is 153 Å². The van der Waals surface area contributed by atoms with Crippen molar-refractivity contribution in [2.24, 2.45) is 0 Å². The number of fused-ring (bicyclic) bond motifs is 8. The van der Waals surface area contributed by atoms with Gasteiger partial charge in [0.25, 0.3) is 0 Å². The van der Waals surface area contributed by atoms with Gasteiger partial charge in [0, 0.05) is 32.9 Å². The van der Waals surface area contributed by atoms with Crippen LogP contribution < -0.4 is 0 Å². The fourth-order valence-electron chi connectivity index (χ4n) is 8.75. The Morgan fingerprint density at radius 1 is 0.407 bits per heavy atom. The van der Waals surface area contributed by atoms with Crippen molar-refractivity contribution in [2.45, 2.75) is 19.3 Å². The van der Waals surface area contributed by atoms with E-state index < -0.39 is 0 Å². The number of benzene rings is 8. The van der Waals surface area contributed by atoms with Crippen LogP contribution in [0.25, 0.3) is 99.6 Å². The smallest absolute Gasteiger partial charge is 0.160 e. The number of aromatic nitrogens is 2. The van der Waals surface area contributed by atoms with Crippen molar-refractivity contribution in [2.75, 3.05) is 0 Å². The molecule has 0 spiro atoms. The largest absolute Gasteiger partial charge is 0.455 e. The lowest BCUT2D eigenvalue weighted by atomic mass is 9.81. The molecule has 3 nitrogen and oxygen atoms in total. The van der Waals surface area contributed by atoms with Crippen LogP contribution in [0.3, 0.4) is 0 Å². The third kappa shape index (κ3) is 4.61. The van der Waals surface area contributed by atoms with Crippen LogP contribution in [0, 0.1) is 0 Å². The first kappa shape index (κ1) is 30.8. The minimum absolute atomic E-state index is 0.117. The number of hydrogen-bond donors (Lipinski definition) is 0. The normalized spacial score (nSPS) is 13.1. The summed E-state index contributed by atoms with van der Waals surface area (Å²) in [6.07, 6.45) is 0. The van der Waals surface area contributed by atoms with Crippen LogP contribution in [-0.4, -0.2) is 9.97 Å². The average molecular weight is 691 g/mol. The van der Waals surface area contributed by atoms with Gasteiger partial charge in [0.05, 0.1) is 11.4 Å². The van der Waals surface area contributed by atoms with Gasteiger partial charge in [-0.2, -0.15) is 0 Å². The summed E-state index contributed by atoms with van der Waals surface area (Å²) in [6, 6.07) is 60.6. The molecule has 2 heterocycles. The Labute approximate surface area is 313 Å². The monoisotopic (exact) mass is 690 g/mol. The molecule has 8 aromatic carbocycles. The Morgan fingerprint density at radius 2 is 1.02 bits per heavy atom. The zero-order valence-electron chi connectivity index (χ0n) is 30.0. The molecule has 0 saturated carbocycles. The molecular formula is C51H34N2O. The molecular weight excluding hydrogens is 657 g/mol.